The number of hydrogen-bond acceptors (Lipinski definition) is 4. The second-order valence-electron chi connectivity index (χ2n) is 8.55. The van der Waals surface area contributed by atoms with Gasteiger partial charge in [-0.15, -0.1) is 10.1 Å². The molecule has 5 unspecified atom stereocenters. The van der Waals surface area contributed by atoms with E-state index in [1.54, 1.807) is 0 Å². The van der Waals surface area contributed by atoms with Crippen LogP contribution in [0.5, 0.6) is 0 Å². The lowest BCUT2D eigenvalue weighted by Crippen LogP contribution is -2.64. The SMILES string of the molecule is CCC12CC3CC(N)(C1)CC(CC(C)CO[N+](=O)[O-])(C3)C2. The van der Waals surface area contributed by atoms with Crippen LogP contribution in [-0.2, 0) is 4.84 Å². The van der Waals surface area contributed by atoms with Gasteiger partial charge in [-0.3, -0.25) is 0 Å². The molecule has 4 aliphatic carbocycles. The zero-order chi connectivity index (χ0) is 15.3. The fourth-order valence-electron chi connectivity index (χ4n) is 6.53. The van der Waals surface area contributed by atoms with Gasteiger partial charge in [0.1, 0.15) is 0 Å². The summed E-state index contributed by atoms with van der Waals surface area (Å²) < 4.78 is 0. The summed E-state index contributed by atoms with van der Waals surface area (Å²) in [5.41, 5.74) is 7.50. The lowest BCUT2D eigenvalue weighted by atomic mass is 9.40. The molecule has 4 bridgehead atoms. The van der Waals surface area contributed by atoms with Crippen molar-refractivity contribution in [2.45, 2.75) is 70.8 Å². The summed E-state index contributed by atoms with van der Waals surface area (Å²) in [7, 11) is 0. The molecule has 4 saturated carbocycles. The molecular formula is C16H28N2O3. The molecule has 4 rings (SSSR count). The molecule has 0 heterocycles. The van der Waals surface area contributed by atoms with Gasteiger partial charge in [0.2, 0.25) is 0 Å². The molecule has 5 atom stereocenters. The Kier molecular flexibility index (Phi) is 3.47. The Bertz CT molecular complexity index is 443. The van der Waals surface area contributed by atoms with Crippen LogP contribution in [-0.4, -0.2) is 17.2 Å². The Hall–Kier alpha value is -0.840. The van der Waals surface area contributed by atoms with Crippen LogP contribution >= 0.6 is 0 Å². The van der Waals surface area contributed by atoms with Gasteiger partial charge >= 0.3 is 0 Å². The minimum atomic E-state index is -0.672. The van der Waals surface area contributed by atoms with E-state index in [-0.39, 0.29) is 18.1 Å². The molecule has 0 aromatic heterocycles. The Labute approximate surface area is 126 Å². The summed E-state index contributed by atoms with van der Waals surface area (Å²) in [6.07, 6.45) is 9.64. The van der Waals surface area contributed by atoms with Crippen molar-refractivity contribution in [2.24, 2.45) is 28.4 Å². The van der Waals surface area contributed by atoms with Gasteiger partial charge in [0.05, 0.1) is 6.61 Å². The lowest BCUT2D eigenvalue weighted by Gasteiger charge is -2.66. The fraction of sp³-hybridized carbons (Fsp3) is 1.00. The van der Waals surface area contributed by atoms with Gasteiger partial charge in [-0.1, -0.05) is 20.3 Å². The molecule has 4 aliphatic rings. The van der Waals surface area contributed by atoms with E-state index >= 15 is 0 Å². The van der Waals surface area contributed by atoms with Gasteiger partial charge in [0, 0.05) is 5.54 Å². The van der Waals surface area contributed by atoms with Crippen LogP contribution in [0.25, 0.3) is 0 Å². The topological polar surface area (TPSA) is 78.4 Å². The minimum absolute atomic E-state index is 0.0269. The molecule has 0 radical (unpaired) electrons. The van der Waals surface area contributed by atoms with Crippen molar-refractivity contribution in [2.75, 3.05) is 6.61 Å². The molecule has 21 heavy (non-hydrogen) atoms. The molecule has 4 fully saturated rings. The normalized spacial score (nSPS) is 45.6. The summed E-state index contributed by atoms with van der Waals surface area (Å²) in [4.78, 5) is 15.0. The van der Waals surface area contributed by atoms with Gasteiger partial charge in [0.15, 0.2) is 0 Å². The highest BCUT2D eigenvalue weighted by Gasteiger charge is 2.61. The van der Waals surface area contributed by atoms with Gasteiger partial charge < -0.3 is 10.6 Å². The Morgan fingerprint density at radius 1 is 1.29 bits per heavy atom. The molecule has 0 aliphatic heterocycles. The molecule has 0 spiro atoms. The third kappa shape index (κ3) is 2.77. The van der Waals surface area contributed by atoms with Crippen molar-refractivity contribution < 1.29 is 9.92 Å². The van der Waals surface area contributed by atoms with E-state index in [0.29, 0.717) is 10.8 Å². The first kappa shape index (κ1) is 15.1. The number of nitrogens with two attached hydrogens (primary N) is 1. The van der Waals surface area contributed by atoms with Crippen molar-refractivity contribution >= 4 is 0 Å². The molecule has 2 N–H and O–H groups in total. The van der Waals surface area contributed by atoms with Gasteiger partial charge in [-0.05, 0) is 67.6 Å². The highest BCUT2D eigenvalue weighted by atomic mass is 16.9. The predicted octanol–water partition coefficient (Wildman–Crippen LogP) is 3.30. The van der Waals surface area contributed by atoms with E-state index in [1.807, 2.05) is 0 Å². The van der Waals surface area contributed by atoms with Crippen LogP contribution in [0.15, 0.2) is 0 Å². The smallest absolute Gasteiger partial charge is 0.294 e. The maximum Gasteiger partial charge on any atom is 0.294 e. The van der Waals surface area contributed by atoms with Crippen LogP contribution in [0.2, 0.25) is 0 Å². The van der Waals surface area contributed by atoms with Crippen molar-refractivity contribution in [1.82, 2.24) is 0 Å². The highest BCUT2D eigenvalue weighted by Crippen LogP contribution is 2.68. The van der Waals surface area contributed by atoms with Crippen molar-refractivity contribution in [3.63, 3.8) is 0 Å². The average Bonchev–Trinajstić information content (AvgIpc) is 2.33. The summed E-state index contributed by atoms with van der Waals surface area (Å²) in [5.74, 6) is 0.999. The molecule has 120 valence electrons. The van der Waals surface area contributed by atoms with E-state index in [2.05, 4.69) is 18.7 Å². The monoisotopic (exact) mass is 296 g/mol. The van der Waals surface area contributed by atoms with Crippen LogP contribution in [0.3, 0.4) is 0 Å². The van der Waals surface area contributed by atoms with Crippen molar-refractivity contribution in [3.05, 3.63) is 10.1 Å². The van der Waals surface area contributed by atoms with Crippen LogP contribution in [0.1, 0.15) is 65.2 Å². The maximum atomic E-state index is 10.4. The zero-order valence-electron chi connectivity index (χ0n) is 13.3. The first-order valence-electron chi connectivity index (χ1n) is 8.34. The Balaban J connectivity index is 1.73. The molecule has 5 heteroatoms. The number of hydrogen-bond donors (Lipinski definition) is 1. The van der Waals surface area contributed by atoms with E-state index in [4.69, 9.17) is 5.73 Å². The third-order valence-corrected chi connectivity index (χ3v) is 6.34. The van der Waals surface area contributed by atoms with E-state index < -0.39 is 5.09 Å². The third-order valence-electron chi connectivity index (χ3n) is 6.34. The van der Waals surface area contributed by atoms with Crippen LogP contribution < -0.4 is 5.73 Å². The van der Waals surface area contributed by atoms with Crippen LogP contribution in [0, 0.1) is 32.8 Å². The molecule has 0 saturated heterocycles. The Morgan fingerprint density at radius 3 is 2.57 bits per heavy atom. The molecule has 0 aromatic rings. The Morgan fingerprint density at radius 2 is 1.95 bits per heavy atom. The van der Waals surface area contributed by atoms with E-state index in [0.717, 1.165) is 18.8 Å². The summed E-state index contributed by atoms with van der Waals surface area (Å²) in [6, 6.07) is 0. The van der Waals surface area contributed by atoms with E-state index in [9.17, 15) is 10.1 Å². The average molecular weight is 296 g/mol. The van der Waals surface area contributed by atoms with E-state index in [1.165, 1.54) is 38.5 Å². The summed E-state index contributed by atoms with van der Waals surface area (Å²) >= 11 is 0. The minimum Gasteiger partial charge on any atom is -0.325 e. The molecular weight excluding hydrogens is 268 g/mol. The first-order valence-corrected chi connectivity index (χ1v) is 8.34. The standard InChI is InChI=1S/C16H28N2O3/c1-3-14-5-13-6-15(9-14,11-16(17,7-13)10-14)4-12(2)8-21-18(19)20/h12-13H,3-11,17H2,1-2H3. The zero-order valence-corrected chi connectivity index (χ0v) is 13.3. The van der Waals surface area contributed by atoms with Gasteiger partial charge in [0.25, 0.3) is 5.09 Å². The van der Waals surface area contributed by atoms with Crippen LogP contribution in [0.4, 0.5) is 0 Å². The second kappa shape index (κ2) is 4.83. The van der Waals surface area contributed by atoms with Gasteiger partial charge in [-0.2, -0.15) is 0 Å². The molecule has 0 aromatic carbocycles. The number of nitrogens with zero attached hydrogens (tertiary/aromatic N) is 1. The van der Waals surface area contributed by atoms with Crippen molar-refractivity contribution in [1.29, 1.82) is 0 Å². The predicted molar refractivity (Wildman–Crippen MR) is 80.0 cm³/mol. The summed E-state index contributed by atoms with van der Waals surface area (Å²) in [6.45, 7) is 4.60. The first-order chi connectivity index (χ1) is 9.78. The fourth-order valence-corrected chi connectivity index (χ4v) is 6.53. The maximum absolute atomic E-state index is 10.4. The van der Waals surface area contributed by atoms with Crippen molar-refractivity contribution in [3.8, 4) is 0 Å². The van der Waals surface area contributed by atoms with Gasteiger partial charge in [-0.25, -0.2) is 0 Å². The largest absolute Gasteiger partial charge is 0.325 e. The highest BCUT2D eigenvalue weighted by molar-refractivity contribution is 5.15. The summed E-state index contributed by atoms with van der Waals surface area (Å²) in [5, 5.41) is 9.71. The second-order valence-corrected chi connectivity index (χ2v) is 8.55. The molecule has 5 nitrogen and oxygen atoms in total. The molecule has 0 amide bonds. The number of rotatable bonds is 6. The lowest BCUT2D eigenvalue weighted by molar-refractivity contribution is -0.759. The quantitative estimate of drug-likeness (QED) is 0.602.